The monoisotopic (exact) mass is 387 g/mol. The van der Waals surface area contributed by atoms with Crippen molar-refractivity contribution in [2.75, 3.05) is 14.2 Å². The molecule has 1 amide bonds. The van der Waals surface area contributed by atoms with Gasteiger partial charge in [-0.15, -0.1) is 0 Å². The third-order valence-corrected chi connectivity index (χ3v) is 4.54. The number of nitrogens with zero attached hydrogens (tertiary/aromatic N) is 1. The summed E-state index contributed by atoms with van der Waals surface area (Å²) in [6.07, 6.45) is 4.11. The second kappa shape index (κ2) is 7.09. The Morgan fingerprint density at radius 3 is 2.42 bits per heavy atom. The van der Waals surface area contributed by atoms with Gasteiger partial charge in [0.1, 0.15) is 0 Å². The summed E-state index contributed by atoms with van der Waals surface area (Å²) in [4.78, 5) is 14.3. The van der Waals surface area contributed by atoms with Crippen molar-refractivity contribution < 1.29 is 14.3 Å². The molecule has 0 aliphatic carbocycles. The van der Waals surface area contributed by atoms with E-state index in [-0.39, 0.29) is 5.91 Å². The Hall–Kier alpha value is -2.27. The fraction of sp³-hybridized carbons (Fsp3) is 0.211. The van der Waals surface area contributed by atoms with Gasteiger partial charge >= 0.3 is 0 Å². The highest BCUT2D eigenvalue weighted by Crippen LogP contribution is 2.33. The lowest BCUT2D eigenvalue weighted by atomic mass is 10.0. The zero-order valence-corrected chi connectivity index (χ0v) is 15.2. The number of fused-ring (bicyclic) bond motifs is 1. The van der Waals surface area contributed by atoms with Crippen LogP contribution in [0.2, 0.25) is 0 Å². The minimum atomic E-state index is 0.0557. The Labute approximate surface area is 149 Å². The van der Waals surface area contributed by atoms with Crippen molar-refractivity contribution in [3.05, 3.63) is 63.8 Å². The molecular formula is C19H18BrNO3. The molecule has 0 saturated carbocycles. The first-order chi connectivity index (χ1) is 11.6. The molecule has 0 radical (unpaired) electrons. The number of halogens is 1. The van der Waals surface area contributed by atoms with E-state index in [2.05, 4.69) is 15.9 Å². The lowest BCUT2D eigenvalue weighted by molar-refractivity contribution is -0.128. The molecule has 0 atom stereocenters. The number of benzene rings is 2. The van der Waals surface area contributed by atoms with Crippen LogP contribution in [-0.2, 0) is 17.8 Å². The Morgan fingerprint density at radius 2 is 1.75 bits per heavy atom. The number of ether oxygens (including phenoxy) is 2. The van der Waals surface area contributed by atoms with Gasteiger partial charge in [0.05, 0.1) is 27.2 Å². The largest absolute Gasteiger partial charge is 0.493 e. The van der Waals surface area contributed by atoms with Crippen LogP contribution < -0.4 is 9.47 Å². The highest BCUT2D eigenvalue weighted by atomic mass is 79.9. The van der Waals surface area contributed by atoms with Crippen molar-refractivity contribution in [1.82, 2.24) is 4.90 Å². The minimum Gasteiger partial charge on any atom is -0.493 e. The van der Waals surface area contributed by atoms with E-state index in [1.54, 1.807) is 19.1 Å². The summed E-state index contributed by atoms with van der Waals surface area (Å²) >= 11 is 3.42. The minimum absolute atomic E-state index is 0.0557. The van der Waals surface area contributed by atoms with Crippen LogP contribution in [0.15, 0.2) is 47.1 Å². The number of carbonyl (C=O) groups excluding carboxylic acids is 1. The quantitative estimate of drug-likeness (QED) is 0.794. The van der Waals surface area contributed by atoms with Crippen LogP contribution in [0.3, 0.4) is 0 Å². The molecule has 4 nitrogen and oxygen atoms in total. The van der Waals surface area contributed by atoms with Gasteiger partial charge in [-0.2, -0.15) is 0 Å². The number of hydrogen-bond donors (Lipinski definition) is 0. The lowest BCUT2D eigenvalue weighted by Crippen LogP contribution is -2.25. The van der Waals surface area contributed by atoms with Gasteiger partial charge in [-0.1, -0.05) is 28.1 Å². The molecule has 1 aliphatic rings. The second-order valence-electron chi connectivity index (χ2n) is 5.55. The predicted molar refractivity (Wildman–Crippen MR) is 97.0 cm³/mol. The summed E-state index contributed by atoms with van der Waals surface area (Å²) in [6.45, 7) is 0.546. The summed E-state index contributed by atoms with van der Waals surface area (Å²) in [5.41, 5.74) is 2.99. The van der Waals surface area contributed by atoms with Crippen molar-refractivity contribution >= 4 is 27.9 Å². The maximum absolute atomic E-state index is 12.6. The Bertz CT molecular complexity index is 784. The summed E-state index contributed by atoms with van der Waals surface area (Å²) in [7, 11) is 3.20. The van der Waals surface area contributed by atoms with Crippen molar-refractivity contribution in [2.45, 2.75) is 13.0 Å². The van der Waals surface area contributed by atoms with Crippen LogP contribution >= 0.6 is 15.9 Å². The summed E-state index contributed by atoms with van der Waals surface area (Å²) in [5, 5.41) is 0. The third-order valence-electron chi connectivity index (χ3n) is 4.01. The molecule has 2 aromatic carbocycles. The summed E-state index contributed by atoms with van der Waals surface area (Å²) < 4.78 is 11.7. The van der Waals surface area contributed by atoms with Crippen LogP contribution in [-0.4, -0.2) is 25.0 Å². The highest BCUT2D eigenvalue weighted by molar-refractivity contribution is 9.10. The van der Waals surface area contributed by atoms with Crippen molar-refractivity contribution in [1.29, 1.82) is 0 Å². The standard InChI is InChI=1S/C19H18BrNO3/c1-23-17-9-14-7-8-21(12-13-3-5-16(20)6-4-13)19(22)11-15(14)10-18(17)24-2/h3-10H,11-12H2,1-2H3. The highest BCUT2D eigenvalue weighted by Gasteiger charge is 2.19. The molecule has 0 spiro atoms. The zero-order valence-electron chi connectivity index (χ0n) is 13.6. The van der Waals surface area contributed by atoms with E-state index in [1.807, 2.05) is 48.7 Å². The van der Waals surface area contributed by atoms with Crippen molar-refractivity contribution in [3.8, 4) is 11.5 Å². The first-order valence-corrected chi connectivity index (χ1v) is 8.37. The van der Waals surface area contributed by atoms with Gasteiger partial charge in [-0.25, -0.2) is 0 Å². The van der Waals surface area contributed by atoms with E-state index < -0.39 is 0 Å². The fourth-order valence-electron chi connectivity index (χ4n) is 2.69. The van der Waals surface area contributed by atoms with E-state index in [9.17, 15) is 4.79 Å². The topological polar surface area (TPSA) is 38.8 Å². The molecular weight excluding hydrogens is 370 g/mol. The molecule has 0 fully saturated rings. The number of methoxy groups -OCH3 is 2. The lowest BCUT2D eigenvalue weighted by Gasteiger charge is -2.17. The van der Waals surface area contributed by atoms with E-state index in [0.717, 1.165) is 21.2 Å². The molecule has 0 saturated heterocycles. The smallest absolute Gasteiger partial charge is 0.231 e. The molecule has 0 N–H and O–H groups in total. The first kappa shape index (κ1) is 16.6. The zero-order chi connectivity index (χ0) is 17.1. The molecule has 124 valence electrons. The van der Waals surface area contributed by atoms with Gasteiger partial charge in [-0.3, -0.25) is 4.79 Å². The van der Waals surface area contributed by atoms with Crippen molar-refractivity contribution in [2.24, 2.45) is 0 Å². The van der Waals surface area contributed by atoms with Crippen molar-refractivity contribution in [3.63, 3.8) is 0 Å². The molecule has 0 unspecified atom stereocenters. The molecule has 0 aromatic heterocycles. The Balaban J connectivity index is 1.87. The van der Waals surface area contributed by atoms with Crippen LogP contribution in [0.25, 0.3) is 6.08 Å². The fourth-order valence-corrected chi connectivity index (χ4v) is 2.95. The van der Waals surface area contributed by atoms with Crippen LogP contribution in [0.1, 0.15) is 16.7 Å². The Morgan fingerprint density at radius 1 is 1.08 bits per heavy atom. The normalized spacial score (nSPS) is 13.5. The van der Waals surface area contributed by atoms with Gasteiger partial charge < -0.3 is 14.4 Å². The second-order valence-corrected chi connectivity index (χ2v) is 6.46. The van der Waals surface area contributed by atoms with E-state index in [1.165, 1.54) is 0 Å². The number of carbonyl (C=O) groups is 1. The average Bonchev–Trinajstić information content (AvgIpc) is 2.74. The van der Waals surface area contributed by atoms with Crippen LogP contribution in [0.5, 0.6) is 11.5 Å². The van der Waals surface area contributed by atoms with Gasteiger partial charge in [0.2, 0.25) is 5.91 Å². The van der Waals surface area contributed by atoms with Crippen LogP contribution in [0.4, 0.5) is 0 Å². The SMILES string of the molecule is COc1cc2c(cc1OC)CC(=O)N(Cc1ccc(Br)cc1)C=C2. The number of amides is 1. The Kier molecular flexibility index (Phi) is 4.90. The molecule has 24 heavy (non-hydrogen) atoms. The maximum atomic E-state index is 12.6. The molecule has 1 aliphatic heterocycles. The van der Waals surface area contributed by atoms with Gasteiger partial charge in [0.15, 0.2) is 11.5 Å². The average molecular weight is 388 g/mol. The van der Waals surface area contributed by atoms with E-state index >= 15 is 0 Å². The predicted octanol–water partition coefficient (Wildman–Crippen LogP) is 4.02. The first-order valence-electron chi connectivity index (χ1n) is 7.57. The van der Waals surface area contributed by atoms with E-state index in [0.29, 0.717) is 24.5 Å². The molecule has 5 heteroatoms. The molecule has 2 aromatic rings. The molecule has 0 bridgehead atoms. The van der Waals surface area contributed by atoms with Crippen LogP contribution in [0, 0.1) is 0 Å². The number of rotatable bonds is 4. The summed E-state index contributed by atoms with van der Waals surface area (Å²) in [5.74, 6) is 1.36. The molecule has 3 rings (SSSR count). The summed E-state index contributed by atoms with van der Waals surface area (Å²) in [6, 6.07) is 11.8. The van der Waals surface area contributed by atoms with Gasteiger partial charge in [0.25, 0.3) is 0 Å². The van der Waals surface area contributed by atoms with E-state index in [4.69, 9.17) is 9.47 Å². The van der Waals surface area contributed by atoms with Gasteiger partial charge in [0, 0.05) is 10.7 Å². The van der Waals surface area contributed by atoms with Gasteiger partial charge in [-0.05, 0) is 47.0 Å². The maximum Gasteiger partial charge on any atom is 0.231 e. The third kappa shape index (κ3) is 3.46. The molecule has 1 heterocycles. The number of hydrogen-bond acceptors (Lipinski definition) is 3.